The smallest absolute Gasteiger partial charge is 0.288 e. The van der Waals surface area contributed by atoms with Crippen LogP contribution in [0.15, 0.2) is 5.51 Å². The van der Waals surface area contributed by atoms with Crippen LogP contribution in [0.5, 0.6) is 0 Å². The summed E-state index contributed by atoms with van der Waals surface area (Å²) in [5.41, 5.74) is 3.26. The summed E-state index contributed by atoms with van der Waals surface area (Å²) >= 11 is 3.64. The number of rotatable bonds is 2. The molecule has 1 saturated heterocycles. The Kier molecular flexibility index (Phi) is 3.86. The fourth-order valence-electron chi connectivity index (χ4n) is 1.72. The van der Waals surface area contributed by atoms with Crippen molar-refractivity contribution in [1.29, 1.82) is 0 Å². The summed E-state index contributed by atoms with van der Waals surface area (Å²) < 4.78 is 2.06. The fraction of sp³-hybridized carbons (Fsp3) is 0.636. The second-order valence-corrected chi connectivity index (χ2v) is 6.27. The van der Waals surface area contributed by atoms with Crippen LogP contribution in [0.3, 0.4) is 0 Å². The van der Waals surface area contributed by atoms with Gasteiger partial charge in [-0.3, -0.25) is 4.79 Å². The van der Waals surface area contributed by atoms with Gasteiger partial charge in [-0.05, 0) is 6.92 Å². The zero-order valence-electron chi connectivity index (χ0n) is 9.73. The molecular formula is C11H17N2OS2+. The molecule has 1 amide bonds. The molecule has 0 saturated carbocycles. The zero-order valence-corrected chi connectivity index (χ0v) is 11.4. The number of thioether (sulfide) groups is 1. The highest BCUT2D eigenvalue weighted by Crippen LogP contribution is 2.10. The second-order valence-electron chi connectivity index (χ2n) is 3.99. The van der Waals surface area contributed by atoms with Crippen LogP contribution in [0.4, 0.5) is 0 Å². The number of carbonyl (C=O) groups is 1. The quantitative estimate of drug-likeness (QED) is 0.744. The van der Waals surface area contributed by atoms with Crippen LogP contribution >= 0.6 is 23.1 Å². The van der Waals surface area contributed by atoms with E-state index < -0.39 is 0 Å². The number of aryl methyl sites for hydroxylation is 1. The highest BCUT2D eigenvalue weighted by atomic mass is 32.2. The predicted molar refractivity (Wildman–Crippen MR) is 67.9 cm³/mol. The van der Waals surface area contributed by atoms with Crippen LogP contribution in [0.2, 0.25) is 0 Å². The number of aromatic nitrogens is 1. The number of hydrogen-bond acceptors (Lipinski definition) is 3. The van der Waals surface area contributed by atoms with Crippen molar-refractivity contribution in [2.24, 2.45) is 0 Å². The molecule has 0 aliphatic carbocycles. The van der Waals surface area contributed by atoms with Gasteiger partial charge in [0.2, 0.25) is 12.1 Å². The Morgan fingerprint density at radius 3 is 2.69 bits per heavy atom. The summed E-state index contributed by atoms with van der Waals surface area (Å²) in [6.45, 7) is 6.49. The van der Waals surface area contributed by atoms with Gasteiger partial charge in [0.05, 0.1) is 4.88 Å². The molecule has 88 valence electrons. The summed E-state index contributed by atoms with van der Waals surface area (Å²) in [6.07, 6.45) is 0. The van der Waals surface area contributed by atoms with Crippen LogP contribution < -0.4 is 4.57 Å². The molecule has 0 atom stereocenters. The van der Waals surface area contributed by atoms with Gasteiger partial charge in [0.15, 0.2) is 5.69 Å². The lowest BCUT2D eigenvalue weighted by Gasteiger charge is -2.25. The summed E-state index contributed by atoms with van der Waals surface area (Å²) in [7, 11) is 0. The van der Waals surface area contributed by atoms with Crippen LogP contribution in [0.1, 0.15) is 10.6 Å². The van der Waals surface area contributed by atoms with E-state index in [1.54, 1.807) is 11.3 Å². The van der Waals surface area contributed by atoms with Gasteiger partial charge in [-0.1, -0.05) is 11.3 Å². The van der Waals surface area contributed by atoms with E-state index in [0.29, 0.717) is 6.54 Å². The largest absolute Gasteiger partial charge is 0.336 e. The maximum absolute atomic E-state index is 12.0. The van der Waals surface area contributed by atoms with Crippen LogP contribution in [0, 0.1) is 13.8 Å². The number of amides is 1. The number of hydrogen-bond donors (Lipinski definition) is 0. The van der Waals surface area contributed by atoms with E-state index in [1.165, 1.54) is 10.6 Å². The van der Waals surface area contributed by atoms with E-state index in [-0.39, 0.29) is 5.91 Å². The van der Waals surface area contributed by atoms with Crippen molar-refractivity contribution in [2.75, 3.05) is 24.6 Å². The minimum absolute atomic E-state index is 0.256. The first-order chi connectivity index (χ1) is 7.68. The molecule has 5 heteroatoms. The molecule has 16 heavy (non-hydrogen) atoms. The Morgan fingerprint density at radius 1 is 1.44 bits per heavy atom. The Hall–Kier alpha value is -0.550. The van der Waals surface area contributed by atoms with E-state index in [1.807, 2.05) is 22.2 Å². The van der Waals surface area contributed by atoms with Gasteiger partial charge >= 0.3 is 0 Å². The van der Waals surface area contributed by atoms with Gasteiger partial charge in [-0.15, -0.1) is 0 Å². The average molecular weight is 257 g/mol. The van der Waals surface area contributed by atoms with Crippen LogP contribution in [0.25, 0.3) is 0 Å². The van der Waals surface area contributed by atoms with Gasteiger partial charge in [-0.2, -0.15) is 16.3 Å². The minimum atomic E-state index is 0.256. The summed E-state index contributed by atoms with van der Waals surface area (Å²) in [6, 6.07) is 0. The zero-order chi connectivity index (χ0) is 11.5. The number of nitrogens with zero attached hydrogens (tertiary/aromatic N) is 2. The van der Waals surface area contributed by atoms with Crippen molar-refractivity contribution >= 4 is 29.0 Å². The molecule has 1 aromatic heterocycles. The molecule has 0 radical (unpaired) electrons. The molecule has 2 rings (SSSR count). The molecule has 1 aliphatic heterocycles. The lowest BCUT2D eigenvalue weighted by atomic mass is 10.4. The third kappa shape index (κ3) is 2.58. The second kappa shape index (κ2) is 5.19. The first-order valence-electron chi connectivity index (χ1n) is 5.48. The molecule has 1 aromatic rings. The first-order valence-corrected chi connectivity index (χ1v) is 7.51. The molecular weight excluding hydrogens is 240 g/mol. The average Bonchev–Trinajstić information content (AvgIpc) is 2.62. The van der Waals surface area contributed by atoms with E-state index in [2.05, 4.69) is 18.4 Å². The molecule has 0 N–H and O–H groups in total. The normalized spacial score (nSPS) is 16.5. The van der Waals surface area contributed by atoms with Gasteiger partial charge in [-0.25, -0.2) is 0 Å². The summed E-state index contributed by atoms with van der Waals surface area (Å²) in [5.74, 6) is 2.42. The third-order valence-electron chi connectivity index (χ3n) is 2.97. The number of carbonyl (C=O) groups excluding carboxylic acids is 1. The maximum Gasteiger partial charge on any atom is 0.288 e. The van der Waals surface area contributed by atoms with Crippen molar-refractivity contribution in [2.45, 2.75) is 20.4 Å². The van der Waals surface area contributed by atoms with E-state index in [4.69, 9.17) is 0 Å². The molecule has 0 aromatic carbocycles. The number of thiazole rings is 1. The lowest BCUT2D eigenvalue weighted by Crippen LogP contribution is -2.47. The summed E-state index contributed by atoms with van der Waals surface area (Å²) in [4.78, 5) is 15.3. The van der Waals surface area contributed by atoms with E-state index in [0.717, 1.165) is 24.6 Å². The van der Waals surface area contributed by atoms with Crippen LogP contribution in [-0.2, 0) is 11.3 Å². The van der Waals surface area contributed by atoms with Gasteiger partial charge in [0, 0.05) is 31.5 Å². The monoisotopic (exact) mass is 257 g/mol. The molecule has 3 nitrogen and oxygen atoms in total. The Morgan fingerprint density at radius 2 is 2.12 bits per heavy atom. The van der Waals surface area contributed by atoms with Gasteiger partial charge in [0.1, 0.15) is 0 Å². The maximum atomic E-state index is 12.0. The van der Waals surface area contributed by atoms with Crippen molar-refractivity contribution in [3.05, 3.63) is 16.1 Å². The molecule has 0 spiro atoms. The fourth-order valence-corrected chi connectivity index (χ4v) is 3.43. The minimum Gasteiger partial charge on any atom is -0.336 e. The van der Waals surface area contributed by atoms with Crippen molar-refractivity contribution in [3.8, 4) is 0 Å². The van der Waals surface area contributed by atoms with Crippen LogP contribution in [-0.4, -0.2) is 35.4 Å². The first kappa shape index (κ1) is 11.9. The van der Waals surface area contributed by atoms with Gasteiger partial charge in [0.25, 0.3) is 5.91 Å². The van der Waals surface area contributed by atoms with Crippen molar-refractivity contribution in [3.63, 3.8) is 0 Å². The predicted octanol–water partition coefficient (Wildman–Crippen LogP) is 1.23. The molecule has 0 bridgehead atoms. The Bertz CT molecular complexity index is 383. The Labute approximate surface area is 104 Å². The highest BCUT2D eigenvalue weighted by Gasteiger charge is 2.22. The topological polar surface area (TPSA) is 24.2 Å². The van der Waals surface area contributed by atoms with Crippen molar-refractivity contribution < 1.29 is 9.36 Å². The third-order valence-corrected chi connectivity index (χ3v) is 4.92. The van der Waals surface area contributed by atoms with Gasteiger partial charge < -0.3 is 4.90 Å². The molecule has 1 aliphatic rings. The van der Waals surface area contributed by atoms with Crippen molar-refractivity contribution in [1.82, 2.24) is 4.90 Å². The lowest BCUT2D eigenvalue weighted by molar-refractivity contribution is -0.686. The van der Waals surface area contributed by atoms with E-state index in [9.17, 15) is 4.79 Å². The molecule has 1 fully saturated rings. The Balaban J connectivity index is 1.98. The summed E-state index contributed by atoms with van der Waals surface area (Å²) in [5, 5.41) is 0. The standard InChI is InChI=1S/C11H17N2OS2/c1-9-10(2)16-8-13(9)7-11(14)12-3-5-15-6-4-12/h8H,3-7H2,1-2H3/q+1. The molecule has 2 heterocycles. The SMILES string of the molecule is Cc1sc[n+](CC(=O)N2CCSCC2)c1C. The van der Waals surface area contributed by atoms with E-state index >= 15 is 0 Å². The highest BCUT2D eigenvalue weighted by molar-refractivity contribution is 7.99. The molecule has 0 unspecified atom stereocenters.